The van der Waals surface area contributed by atoms with Crippen LogP contribution in [0.25, 0.3) is 0 Å². The lowest BCUT2D eigenvalue weighted by atomic mass is 10.1. The van der Waals surface area contributed by atoms with E-state index in [0.29, 0.717) is 18.1 Å². The predicted molar refractivity (Wildman–Crippen MR) is 76.9 cm³/mol. The second kappa shape index (κ2) is 6.24. The molecule has 1 aromatic carbocycles. The summed E-state index contributed by atoms with van der Waals surface area (Å²) in [5.41, 5.74) is 0.796. The molecule has 6 heteroatoms. The lowest BCUT2D eigenvalue weighted by Crippen LogP contribution is -2.58. The molecule has 2 rings (SSSR count). The minimum Gasteiger partial charge on any atom is -0.375 e. The van der Waals surface area contributed by atoms with E-state index in [1.54, 1.807) is 41.0 Å². The van der Waals surface area contributed by atoms with Gasteiger partial charge in [-0.05, 0) is 31.2 Å². The van der Waals surface area contributed by atoms with Gasteiger partial charge in [0.25, 0.3) is 0 Å². The van der Waals surface area contributed by atoms with Gasteiger partial charge in [-0.25, -0.2) is 0 Å². The summed E-state index contributed by atoms with van der Waals surface area (Å²) in [6.45, 7) is 2.70. The number of nitrogens with zero attached hydrogens (tertiary/aromatic N) is 2. The number of rotatable bonds is 3. The quantitative estimate of drug-likeness (QED) is 0.850. The fraction of sp³-hybridized carbons (Fsp3) is 0.429. The summed E-state index contributed by atoms with van der Waals surface area (Å²) in [6.07, 6.45) is 0. The van der Waals surface area contributed by atoms with Gasteiger partial charge in [-0.3, -0.25) is 9.59 Å². The highest BCUT2D eigenvalue weighted by atomic mass is 35.5. The van der Waals surface area contributed by atoms with Crippen LogP contribution in [0.4, 0.5) is 5.69 Å². The summed E-state index contributed by atoms with van der Waals surface area (Å²) in [5.74, 6) is -0.257. The summed E-state index contributed by atoms with van der Waals surface area (Å²) >= 11 is 5.84. The van der Waals surface area contributed by atoms with Crippen molar-refractivity contribution < 1.29 is 14.3 Å². The first-order valence-electron chi connectivity index (χ1n) is 6.40. The minimum atomic E-state index is -0.484. The Morgan fingerprint density at radius 2 is 2.00 bits per heavy atom. The van der Waals surface area contributed by atoms with Gasteiger partial charge in [0.05, 0.1) is 0 Å². The van der Waals surface area contributed by atoms with Gasteiger partial charge in [0.1, 0.15) is 12.6 Å². The van der Waals surface area contributed by atoms with Gasteiger partial charge >= 0.3 is 0 Å². The molecule has 0 aliphatic carbocycles. The molecular formula is C14H17ClN2O3. The number of carbonyl (C=O) groups excluding carboxylic acids is 2. The smallest absolute Gasteiger partial charge is 0.249 e. The second-order valence-corrected chi connectivity index (χ2v) is 5.10. The van der Waals surface area contributed by atoms with Gasteiger partial charge in [0.2, 0.25) is 11.8 Å². The van der Waals surface area contributed by atoms with E-state index in [1.165, 1.54) is 7.11 Å². The SMILES string of the molecule is COCC(=O)N1CCN(c2ccc(Cl)cc2)C(=O)[C@@H]1C. The highest BCUT2D eigenvalue weighted by Crippen LogP contribution is 2.22. The topological polar surface area (TPSA) is 49.9 Å². The number of anilines is 1. The molecule has 1 fully saturated rings. The number of piperazine rings is 1. The van der Waals surface area contributed by atoms with Crippen LogP contribution in [0.1, 0.15) is 6.92 Å². The monoisotopic (exact) mass is 296 g/mol. The molecule has 2 amide bonds. The summed E-state index contributed by atoms with van der Waals surface area (Å²) in [7, 11) is 1.47. The summed E-state index contributed by atoms with van der Waals surface area (Å²) in [6, 6.07) is 6.62. The van der Waals surface area contributed by atoms with Crippen molar-refractivity contribution in [3.05, 3.63) is 29.3 Å². The Labute approximate surface area is 123 Å². The molecule has 108 valence electrons. The van der Waals surface area contributed by atoms with Gasteiger partial charge < -0.3 is 14.5 Å². The molecule has 20 heavy (non-hydrogen) atoms. The fourth-order valence-corrected chi connectivity index (χ4v) is 2.42. The second-order valence-electron chi connectivity index (χ2n) is 4.66. The minimum absolute atomic E-state index is 0.00142. The lowest BCUT2D eigenvalue weighted by Gasteiger charge is -2.39. The van der Waals surface area contributed by atoms with Gasteiger partial charge in [-0.1, -0.05) is 11.6 Å². The van der Waals surface area contributed by atoms with Crippen molar-refractivity contribution in [3.63, 3.8) is 0 Å². The number of ether oxygens (including phenoxy) is 1. The molecule has 0 bridgehead atoms. The molecule has 0 unspecified atom stereocenters. The Morgan fingerprint density at radius 3 is 2.60 bits per heavy atom. The maximum atomic E-state index is 12.4. The van der Waals surface area contributed by atoms with Crippen molar-refractivity contribution in [1.29, 1.82) is 0 Å². The van der Waals surface area contributed by atoms with E-state index in [4.69, 9.17) is 16.3 Å². The average Bonchev–Trinajstić information content (AvgIpc) is 2.43. The molecule has 1 saturated heterocycles. The molecule has 0 saturated carbocycles. The fourth-order valence-electron chi connectivity index (χ4n) is 2.29. The molecule has 1 aromatic rings. The average molecular weight is 297 g/mol. The van der Waals surface area contributed by atoms with Gasteiger partial charge in [-0.15, -0.1) is 0 Å². The number of hydrogen-bond donors (Lipinski definition) is 0. The number of halogens is 1. The van der Waals surface area contributed by atoms with Crippen molar-refractivity contribution in [2.45, 2.75) is 13.0 Å². The van der Waals surface area contributed by atoms with Crippen molar-refractivity contribution >= 4 is 29.1 Å². The number of amides is 2. The largest absolute Gasteiger partial charge is 0.375 e. The first-order valence-corrected chi connectivity index (χ1v) is 6.77. The van der Waals surface area contributed by atoms with E-state index in [0.717, 1.165) is 5.69 Å². The molecule has 0 N–H and O–H groups in total. The van der Waals surface area contributed by atoms with E-state index in [1.807, 2.05) is 0 Å². The van der Waals surface area contributed by atoms with Crippen molar-refractivity contribution in [2.75, 3.05) is 31.7 Å². The molecule has 1 atom stereocenters. The maximum Gasteiger partial charge on any atom is 0.249 e. The molecule has 1 aliphatic rings. The number of benzene rings is 1. The first-order chi connectivity index (χ1) is 9.54. The van der Waals surface area contributed by atoms with Gasteiger partial charge in [0, 0.05) is 30.9 Å². The van der Waals surface area contributed by atoms with E-state index in [9.17, 15) is 9.59 Å². The zero-order chi connectivity index (χ0) is 14.7. The van der Waals surface area contributed by atoms with Crippen LogP contribution >= 0.6 is 11.6 Å². The highest BCUT2D eigenvalue weighted by Gasteiger charge is 2.34. The van der Waals surface area contributed by atoms with E-state index < -0.39 is 6.04 Å². The number of methoxy groups -OCH3 is 1. The molecule has 0 spiro atoms. The molecule has 0 aromatic heterocycles. The zero-order valence-corrected chi connectivity index (χ0v) is 12.3. The molecule has 5 nitrogen and oxygen atoms in total. The molecule has 1 aliphatic heterocycles. The Morgan fingerprint density at radius 1 is 1.35 bits per heavy atom. The van der Waals surface area contributed by atoms with Crippen LogP contribution in [0.15, 0.2) is 24.3 Å². The highest BCUT2D eigenvalue weighted by molar-refractivity contribution is 6.30. The van der Waals surface area contributed by atoms with Crippen molar-refractivity contribution in [3.8, 4) is 0 Å². The van der Waals surface area contributed by atoms with Crippen molar-refractivity contribution in [1.82, 2.24) is 4.90 Å². The van der Waals surface area contributed by atoms with Crippen LogP contribution in [0.5, 0.6) is 0 Å². The van der Waals surface area contributed by atoms with Gasteiger partial charge in [-0.2, -0.15) is 0 Å². The third kappa shape index (κ3) is 2.94. The third-order valence-corrected chi connectivity index (χ3v) is 3.63. The Hall–Kier alpha value is -1.59. The van der Waals surface area contributed by atoms with Crippen LogP contribution in [0, 0.1) is 0 Å². The standard InChI is InChI=1S/C14H17ClN2O3/c1-10-14(19)17(12-5-3-11(15)4-6-12)8-7-16(10)13(18)9-20-2/h3-6,10H,7-9H2,1-2H3/t10-/m0/s1. The van der Waals surface area contributed by atoms with Crippen LogP contribution in [0.2, 0.25) is 5.02 Å². The van der Waals surface area contributed by atoms with Crippen LogP contribution in [-0.4, -0.2) is 49.6 Å². The summed E-state index contributed by atoms with van der Waals surface area (Å²) in [4.78, 5) is 27.5. The zero-order valence-electron chi connectivity index (χ0n) is 11.5. The Kier molecular flexibility index (Phi) is 4.62. The molecule has 0 radical (unpaired) electrons. The lowest BCUT2D eigenvalue weighted by molar-refractivity contribution is -0.143. The number of carbonyl (C=O) groups is 2. The predicted octanol–water partition coefficient (Wildman–Crippen LogP) is 1.55. The third-order valence-electron chi connectivity index (χ3n) is 3.38. The number of hydrogen-bond acceptors (Lipinski definition) is 3. The molecule has 1 heterocycles. The van der Waals surface area contributed by atoms with E-state index in [2.05, 4.69) is 0 Å². The summed E-state index contributed by atoms with van der Waals surface area (Å²) < 4.78 is 4.83. The van der Waals surface area contributed by atoms with E-state index in [-0.39, 0.29) is 18.4 Å². The molecular weight excluding hydrogens is 280 g/mol. The van der Waals surface area contributed by atoms with Crippen LogP contribution in [-0.2, 0) is 14.3 Å². The van der Waals surface area contributed by atoms with E-state index >= 15 is 0 Å². The van der Waals surface area contributed by atoms with Crippen LogP contribution < -0.4 is 4.90 Å². The normalized spacial score (nSPS) is 19.4. The van der Waals surface area contributed by atoms with Gasteiger partial charge in [0.15, 0.2) is 0 Å². The maximum absolute atomic E-state index is 12.4. The van der Waals surface area contributed by atoms with Crippen molar-refractivity contribution in [2.24, 2.45) is 0 Å². The summed E-state index contributed by atoms with van der Waals surface area (Å²) in [5, 5.41) is 0.628. The Bertz CT molecular complexity index is 504. The first kappa shape index (κ1) is 14.8. The Balaban J connectivity index is 2.12. The van der Waals surface area contributed by atoms with Crippen LogP contribution in [0.3, 0.4) is 0 Å².